The minimum absolute atomic E-state index is 0.0671. The molecule has 160 valence electrons. The van der Waals surface area contributed by atoms with E-state index in [9.17, 15) is 9.59 Å². The third-order valence-electron chi connectivity index (χ3n) is 4.17. The van der Waals surface area contributed by atoms with E-state index in [1.807, 2.05) is 43.3 Å². The number of benzene rings is 3. The number of thiocarbonyl (C=S) groups is 1. The number of amides is 2. The van der Waals surface area contributed by atoms with Crippen molar-refractivity contribution in [1.82, 2.24) is 16.2 Å². The number of halogens is 1. The highest BCUT2D eigenvalue weighted by molar-refractivity contribution is 7.80. The molecule has 0 saturated carbocycles. The number of hydrazine groups is 1. The molecule has 3 N–H and O–H groups in total. The molecule has 0 saturated heterocycles. The fraction of sp³-hybridized carbons (Fsp3) is 0.136. The van der Waals surface area contributed by atoms with Crippen molar-refractivity contribution in [1.29, 1.82) is 0 Å². The van der Waals surface area contributed by atoms with Crippen LogP contribution in [-0.2, 0) is 9.59 Å². The van der Waals surface area contributed by atoms with Crippen LogP contribution in [0.1, 0.15) is 5.56 Å². The van der Waals surface area contributed by atoms with Gasteiger partial charge >= 0.3 is 0 Å². The van der Waals surface area contributed by atoms with Crippen molar-refractivity contribution >= 4 is 51.5 Å². The average molecular weight is 458 g/mol. The van der Waals surface area contributed by atoms with E-state index < -0.39 is 11.8 Å². The summed E-state index contributed by atoms with van der Waals surface area (Å²) in [7, 11) is 0. The number of hydrogen-bond acceptors (Lipinski definition) is 5. The van der Waals surface area contributed by atoms with E-state index in [-0.39, 0.29) is 18.3 Å². The summed E-state index contributed by atoms with van der Waals surface area (Å²) in [5, 5.41) is 4.86. The fourth-order valence-corrected chi connectivity index (χ4v) is 3.13. The van der Waals surface area contributed by atoms with Gasteiger partial charge in [0.1, 0.15) is 11.5 Å². The van der Waals surface area contributed by atoms with Crippen LogP contribution in [-0.4, -0.2) is 30.1 Å². The Bertz CT molecular complexity index is 1120. The van der Waals surface area contributed by atoms with E-state index in [1.165, 1.54) is 0 Å². The topological polar surface area (TPSA) is 88.7 Å². The lowest BCUT2D eigenvalue weighted by atomic mass is 10.1. The lowest BCUT2D eigenvalue weighted by Gasteiger charge is -2.13. The minimum atomic E-state index is -0.474. The number of hydrogen-bond donors (Lipinski definition) is 3. The van der Waals surface area contributed by atoms with Crippen molar-refractivity contribution < 1.29 is 19.1 Å². The summed E-state index contributed by atoms with van der Waals surface area (Å²) in [6.07, 6.45) is 0. The Kier molecular flexibility index (Phi) is 7.64. The number of aryl methyl sites for hydroxylation is 1. The van der Waals surface area contributed by atoms with Gasteiger partial charge in [0.15, 0.2) is 18.3 Å². The number of nitrogens with one attached hydrogen (secondary N) is 3. The van der Waals surface area contributed by atoms with E-state index in [4.69, 9.17) is 33.3 Å². The van der Waals surface area contributed by atoms with E-state index in [2.05, 4.69) is 16.2 Å². The van der Waals surface area contributed by atoms with E-state index in [0.29, 0.717) is 16.5 Å². The molecular weight excluding hydrogens is 438 g/mol. The number of ether oxygens (including phenoxy) is 2. The molecule has 0 aliphatic carbocycles. The van der Waals surface area contributed by atoms with Gasteiger partial charge in [-0.05, 0) is 54.4 Å². The lowest BCUT2D eigenvalue weighted by molar-refractivity contribution is -0.124. The highest BCUT2D eigenvalue weighted by atomic mass is 35.5. The number of carbonyl (C=O) groups excluding carboxylic acids is 2. The average Bonchev–Trinajstić information content (AvgIpc) is 2.75. The summed E-state index contributed by atoms with van der Waals surface area (Å²) < 4.78 is 11.0. The van der Waals surface area contributed by atoms with Crippen LogP contribution in [0.2, 0.25) is 5.02 Å². The lowest BCUT2D eigenvalue weighted by Crippen LogP contribution is -2.50. The van der Waals surface area contributed by atoms with Crippen LogP contribution in [0.15, 0.2) is 60.7 Å². The summed E-state index contributed by atoms with van der Waals surface area (Å²) >= 11 is 10.9. The Morgan fingerprint density at radius 2 is 1.61 bits per heavy atom. The SMILES string of the molecule is Cc1cc(Cl)ccc1OCC(=O)NNC(=S)NC(=O)COc1cccc2ccccc12. The zero-order chi connectivity index (χ0) is 22.2. The van der Waals surface area contributed by atoms with Crippen molar-refractivity contribution in [3.63, 3.8) is 0 Å². The van der Waals surface area contributed by atoms with Crippen molar-refractivity contribution in [2.45, 2.75) is 6.92 Å². The van der Waals surface area contributed by atoms with Gasteiger partial charge in [0.2, 0.25) is 0 Å². The zero-order valence-electron chi connectivity index (χ0n) is 16.6. The van der Waals surface area contributed by atoms with Crippen LogP contribution in [0.5, 0.6) is 11.5 Å². The second-order valence-electron chi connectivity index (χ2n) is 6.51. The van der Waals surface area contributed by atoms with Gasteiger partial charge < -0.3 is 9.47 Å². The number of carbonyl (C=O) groups is 2. The Labute approximate surface area is 189 Å². The molecule has 0 bridgehead atoms. The standard InChI is InChI=1S/C22H20ClN3O4S/c1-14-11-16(23)9-10-18(14)29-13-21(28)25-26-22(31)24-20(27)12-30-19-8-4-6-15-5-2-3-7-17(15)19/h2-11H,12-13H2,1H3,(H,25,28)(H2,24,26,27,31). The molecule has 0 atom stereocenters. The molecule has 0 heterocycles. The molecular formula is C22H20ClN3O4S. The van der Waals surface area contributed by atoms with Gasteiger partial charge in [0.05, 0.1) is 0 Å². The van der Waals surface area contributed by atoms with Gasteiger partial charge in [-0.2, -0.15) is 0 Å². The first-order chi connectivity index (χ1) is 14.9. The Morgan fingerprint density at radius 1 is 0.903 bits per heavy atom. The maximum atomic E-state index is 12.1. The molecule has 3 rings (SSSR count). The van der Waals surface area contributed by atoms with E-state index in [0.717, 1.165) is 16.3 Å². The summed E-state index contributed by atoms with van der Waals surface area (Å²) in [6, 6.07) is 18.4. The Morgan fingerprint density at radius 3 is 2.42 bits per heavy atom. The summed E-state index contributed by atoms with van der Waals surface area (Å²) in [5.74, 6) is 0.196. The van der Waals surface area contributed by atoms with E-state index in [1.54, 1.807) is 24.3 Å². The smallest absolute Gasteiger partial charge is 0.276 e. The first-order valence-corrected chi connectivity index (χ1v) is 10.1. The summed E-state index contributed by atoms with van der Waals surface area (Å²) in [4.78, 5) is 24.0. The highest BCUT2D eigenvalue weighted by Crippen LogP contribution is 2.25. The van der Waals surface area contributed by atoms with Gasteiger partial charge in [0, 0.05) is 10.4 Å². The molecule has 0 spiro atoms. The Hall–Kier alpha value is -3.36. The predicted molar refractivity (Wildman–Crippen MR) is 123 cm³/mol. The Balaban J connectivity index is 1.39. The van der Waals surface area contributed by atoms with Crippen molar-refractivity contribution in [2.24, 2.45) is 0 Å². The largest absolute Gasteiger partial charge is 0.483 e. The number of rotatable bonds is 6. The normalized spacial score (nSPS) is 10.3. The molecule has 0 aromatic heterocycles. The van der Waals surface area contributed by atoms with E-state index >= 15 is 0 Å². The molecule has 0 unspecified atom stereocenters. The molecule has 3 aromatic rings. The number of fused-ring (bicyclic) bond motifs is 1. The molecule has 2 amide bonds. The molecule has 3 aromatic carbocycles. The van der Waals surface area contributed by atoms with Crippen LogP contribution in [0.3, 0.4) is 0 Å². The quantitative estimate of drug-likeness (QED) is 0.389. The van der Waals surface area contributed by atoms with Crippen LogP contribution in [0, 0.1) is 6.92 Å². The fourth-order valence-electron chi connectivity index (χ4n) is 2.74. The molecule has 0 radical (unpaired) electrons. The molecule has 0 aliphatic rings. The minimum Gasteiger partial charge on any atom is -0.483 e. The second-order valence-corrected chi connectivity index (χ2v) is 7.36. The van der Waals surface area contributed by atoms with Crippen LogP contribution < -0.4 is 25.6 Å². The third-order valence-corrected chi connectivity index (χ3v) is 4.61. The second kappa shape index (κ2) is 10.6. The first kappa shape index (κ1) is 22.3. The maximum Gasteiger partial charge on any atom is 0.276 e. The van der Waals surface area contributed by atoms with Gasteiger partial charge in [-0.15, -0.1) is 0 Å². The van der Waals surface area contributed by atoms with Gasteiger partial charge in [-0.3, -0.25) is 25.8 Å². The molecule has 7 nitrogen and oxygen atoms in total. The zero-order valence-corrected chi connectivity index (χ0v) is 18.2. The summed E-state index contributed by atoms with van der Waals surface area (Å²) in [5.41, 5.74) is 5.60. The maximum absolute atomic E-state index is 12.1. The monoisotopic (exact) mass is 457 g/mol. The molecule has 0 fully saturated rings. The molecule has 0 aliphatic heterocycles. The van der Waals surface area contributed by atoms with Crippen molar-refractivity contribution in [2.75, 3.05) is 13.2 Å². The van der Waals surface area contributed by atoms with Crippen LogP contribution >= 0.6 is 23.8 Å². The third kappa shape index (κ3) is 6.56. The molecule has 31 heavy (non-hydrogen) atoms. The van der Waals surface area contributed by atoms with Gasteiger partial charge in [-0.1, -0.05) is 48.0 Å². The van der Waals surface area contributed by atoms with Crippen LogP contribution in [0.25, 0.3) is 10.8 Å². The first-order valence-electron chi connectivity index (χ1n) is 9.30. The van der Waals surface area contributed by atoms with Gasteiger partial charge in [0.25, 0.3) is 11.8 Å². The highest BCUT2D eigenvalue weighted by Gasteiger charge is 2.09. The van der Waals surface area contributed by atoms with Crippen LogP contribution in [0.4, 0.5) is 0 Å². The predicted octanol–water partition coefficient (Wildman–Crippen LogP) is 3.28. The van der Waals surface area contributed by atoms with Crippen molar-refractivity contribution in [3.8, 4) is 11.5 Å². The molecule has 9 heteroatoms. The summed E-state index contributed by atoms with van der Waals surface area (Å²) in [6.45, 7) is 1.35. The van der Waals surface area contributed by atoms with Crippen molar-refractivity contribution in [3.05, 3.63) is 71.2 Å². The van der Waals surface area contributed by atoms with Gasteiger partial charge in [-0.25, -0.2) is 0 Å².